The fourth-order valence-corrected chi connectivity index (χ4v) is 3.23. The van der Waals surface area contributed by atoms with Crippen LogP contribution in [0.15, 0.2) is 48.5 Å². The second-order valence-electron chi connectivity index (χ2n) is 6.87. The molecular formula is C22H22N2O5. The lowest BCUT2D eigenvalue weighted by atomic mass is 10.1. The number of imide groups is 1. The quantitative estimate of drug-likeness (QED) is 0.502. The van der Waals surface area contributed by atoms with Crippen molar-refractivity contribution in [1.29, 1.82) is 0 Å². The van der Waals surface area contributed by atoms with Gasteiger partial charge < -0.3 is 10.4 Å². The van der Waals surface area contributed by atoms with Gasteiger partial charge in [0, 0.05) is 19.5 Å². The van der Waals surface area contributed by atoms with Gasteiger partial charge in [-0.05, 0) is 49.1 Å². The Morgan fingerprint density at radius 2 is 1.52 bits per heavy atom. The van der Waals surface area contributed by atoms with Gasteiger partial charge in [0.15, 0.2) is 0 Å². The lowest BCUT2D eigenvalue weighted by Crippen LogP contribution is -2.31. The highest BCUT2D eigenvalue weighted by molar-refractivity contribution is 6.21. The molecule has 7 nitrogen and oxygen atoms in total. The number of rotatable bonds is 9. The van der Waals surface area contributed by atoms with E-state index in [4.69, 9.17) is 5.11 Å². The van der Waals surface area contributed by atoms with E-state index in [1.165, 1.54) is 17.0 Å². The van der Waals surface area contributed by atoms with Crippen LogP contribution in [0.2, 0.25) is 0 Å². The number of benzene rings is 2. The number of amides is 3. The molecule has 0 saturated carbocycles. The summed E-state index contributed by atoms with van der Waals surface area (Å²) in [7, 11) is 0. The predicted octanol–water partition coefficient (Wildman–Crippen LogP) is 2.51. The SMILES string of the molecule is O=C(CCc1ccc(C(=O)O)cc1)NCCCCN1C(=O)c2ccccc2C1=O. The molecule has 7 heteroatoms. The summed E-state index contributed by atoms with van der Waals surface area (Å²) in [5.41, 5.74) is 2.01. The van der Waals surface area contributed by atoms with Crippen molar-refractivity contribution in [1.82, 2.24) is 10.2 Å². The Bertz CT molecular complexity index is 901. The van der Waals surface area contributed by atoms with Gasteiger partial charge >= 0.3 is 5.97 Å². The number of carbonyl (C=O) groups excluding carboxylic acids is 3. The first-order valence-electron chi connectivity index (χ1n) is 9.51. The molecule has 2 aromatic carbocycles. The number of hydrogen-bond donors (Lipinski definition) is 2. The third-order valence-corrected chi connectivity index (χ3v) is 4.85. The highest BCUT2D eigenvalue weighted by Gasteiger charge is 2.34. The molecule has 0 unspecified atom stereocenters. The predicted molar refractivity (Wildman–Crippen MR) is 106 cm³/mol. The highest BCUT2D eigenvalue weighted by atomic mass is 16.4. The fraction of sp³-hybridized carbons (Fsp3) is 0.273. The zero-order chi connectivity index (χ0) is 20.8. The van der Waals surface area contributed by atoms with E-state index in [0.29, 0.717) is 49.9 Å². The number of nitrogens with one attached hydrogen (secondary N) is 1. The molecule has 3 rings (SSSR count). The van der Waals surface area contributed by atoms with Gasteiger partial charge in [-0.25, -0.2) is 4.79 Å². The van der Waals surface area contributed by atoms with E-state index < -0.39 is 5.97 Å². The molecule has 3 amide bonds. The van der Waals surface area contributed by atoms with Crippen molar-refractivity contribution in [2.75, 3.05) is 13.1 Å². The molecule has 1 aliphatic heterocycles. The minimum Gasteiger partial charge on any atom is -0.478 e. The van der Waals surface area contributed by atoms with Crippen LogP contribution in [0, 0.1) is 0 Å². The number of hydrogen-bond acceptors (Lipinski definition) is 4. The molecule has 150 valence electrons. The van der Waals surface area contributed by atoms with Crippen LogP contribution in [0.4, 0.5) is 0 Å². The number of carbonyl (C=O) groups is 4. The molecular weight excluding hydrogens is 372 g/mol. The fourth-order valence-electron chi connectivity index (χ4n) is 3.23. The Morgan fingerprint density at radius 3 is 2.10 bits per heavy atom. The number of carboxylic acids is 1. The molecule has 2 N–H and O–H groups in total. The molecule has 29 heavy (non-hydrogen) atoms. The summed E-state index contributed by atoms with van der Waals surface area (Å²) in [6.07, 6.45) is 2.11. The average molecular weight is 394 g/mol. The normalized spacial score (nSPS) is 12.8. The summed E-state index contributed by atoms with van der Waals surface area (Å²) in [4.78, 5) is 48.5. The van der Waals surface area contributed by atoms with Crippen molar-refractivity contribution in [3.8, 4) is 0 Å². The summed E-state index contributed by atoms with van der Waals surface area (Å²) < 4.78 is 0. The van der Waals surface area contributed by atoms with Crippen molar-refractivity contribution >= 4 is 23.7 Å². The maximum Gasteiger partial charge on any atom is 0.335 e. The Hall–Kier alpha value is -3.48. The molecule has 0 atom stereocenters. The number of unbranched alkanes of at least 4 members (excludes halogenated alkanes) is 1. The van der Waals surface area contributed by atoms with Gasteiger partial charge in [-0.2, -0.15) is 0 Å². The van der Waals surface area contributed by atoms with E-state index in [1.54, 1.807) is 36.4 Å². The van der Waals surface area contributed by atoms with E-state index in [2.05, 4.69) is 5.32 Å². The third kappa shape index (κ3) is 4.87. The number of carboxylic acid groups (broad SMARTS) is 1. The van der Waals surface area contributed by atoms with E-state index in [1.807, 2.05) is 0 Å². The van der Waals surface area contributed by atoms with Crippen LogP contribution < -0.4 is 5.32 Å². The van der Waals surface area contributed by atoms with E-state index in [-0.39, 0.29) is 23.3 Å². The summed E-state index contributed by atoms with van der Waals surface area (Å²) in [5, 5.41) is 11.7. The zero-order valence-corrected chi connectivity index (χ0v) is 15.9. The minimum atomic E-state index is -0.976. The van der Waals surface area contributed by atoms with Gasteiger partial charge in [0.05, 0.1) is 16.7 Å². The van der Waals surface area contributed by atoms with Crippen LogP contribution in [-0.4, -0.2) is 46.8 Å². The average Bonchev–Trinajstić information content (AvgIpc) is 2.97. The van der Waals surface area contributed by atoms with Crippen molar-refractivity contribution in [3.05, 3.63) is 70.8 Å². The number of fused-ring (bicyclic) bond motifs is 1. The largest absolute Gasteiger partial charge is 0.478 e. The van der Waals surface area contributed by atoms with Crippen molar-refractivity contribution < 1.29 is 24.3 Å². The van der Waals surface area contributed by atoms with Gasteiger partial charge in [-0.15, -0.1) is 0 Å². The van der Waals surface area contributed by atoms with Crippen molar-refractivity contribution in [2.45, 2.75) is 25.7 Å². The molecule has 0 spiro atoms. The Balaban J connectivity index is 1.34. The summed E-state index contributed by atoms with van der Waals surface area (Å²) >= 11 is 0. The summed E-state index contributed by atoms with van der Waals surface area (Å²) in [6.45, 7) is 0.804. The highest BCUT2D eigenvalue weighted by Crippen LogP contribution is 2.22. The second kappa shape index (κ2) is 9.14. The van der Waals surface area contributed by atoms with Crippen LogP contribution in [0.1, 0.15) is 55.9 Å². The molecule has 1 heterocycles. The summed E-state index contributed by atoms with van der Waals surface area (Å²) in [5.74, 6) is -1.59. The van der Waals surface area contributed by atoms with Crippen molar-refractivity contribution in [3.63, 3.8) is 0 Å². The van der Waals surface area contributed by atoms with Crippen LogP contribution >= 0.6 is 0 Å². The van der Waals surface area contributed by atoms with Gasteiger partial charge in [0.25, 0.3) is 11.8 Å². The van der Waals surface area contributed by atoms with Gasteiger partial charge in [0.1, 0.15) is 0 Å². The van der Waals surface area contributed by atoms with E-state index in [0.717, 1.165) is 5.56 Å². The number of nitrogens with zero attached hydrogens (tertiary/aromatic N) is 1. The monoisotopic (exact) mass is 394 g/mol. The Morgan fingerprint density at radius 1 is 0.897 bits per heavy atom. The molecule has 0 fully saturated rings. The zero-order valence-electron chi connectivity index (χ0n) is 15.9. The smallest absolute Gasteiger partial charge is 0.335 e. The van der Waals surface area contributed by atoms with E-state index in [9.17, 15) is 19.2 Å². The number of aryl methyl sites for hydroxylation is 1. The van der Waals surface area contributed by atoms with Gasteiger partial charge in [-0.3, -0.25) is 19.3 Å². The van der Waals surface area contributed by atoms with Gasteiger partial charge in [-0.1, -0.05) is 24.3 Å². The lowest BCUT2D eigenvalue weighted by molar-refractivity contribution is -0.121. The topological polar surface area (TPSA) is 104 Å². The van der Waals surface area contributed by atoms with Crippen molar-refractivity contribution in [2.24, 2.45) is 0 Å². The van der Waals surface area contributed by atoms with Crippen LogP contribution in [0.3, 0.4) is 0 Å². The first-order valence-corrected chi connectivity index (χ1v) is 9.51. The third-order valence-electron chi connectivity index (χ3n) is 4.85. The second-order valence-corrected chi connectivity index (χ2v) is 6.87. The maximum absolute atomic E-state index is 12.3. The lowest BCUT2D eigenvalue weighted by Gasteiger charge is -2.13. The van der Waals surface area contributed by atoms with E-state index >= 15 is 0 Å². The molecule has 0 radical (unpaired) electrons. The molecule has 0 bridgehead atoms. The Labute approximate surface area is 168 Å². The molecule has 1 aliphatic rings. The van der Waals surface area contributed by atoms with Crippen LogP contribution in [-0.2, 0) is 11.2 Å². The first-order chi connectivity index (χ1) is 14.0. The Kier molecular flexibility index (Phi) is 6.39. The summed E-state index contributed by atoms with van der Waals surface area (Å²) in [6, 6.07) is 13.3. The molecule has 0 aliphatic carbocycles. The molecule has 0 aromatic heterocycles. The maximum atomic E-state index is 12.3. The first kappa shape index (κ1) is 20.3. The standard InChI is InChI=1S/C22H22N2O5/c25-19(12-9-15-7-10-16(11-8-15)22(28)29)23-13-3-4-14-24-20(26)17-5-1-2-6-18(17)21(24)27/h1-2,5-8,10-11H,3-4,9,12-14H2,(H,23,25)(H,28,29). The minimum absolute atomic E-state index is 0.0898. The van der Waals surface area contributed by atoms with Crippen LogP contribution in [0.5, 0.6) is 0 Å². The molecule has 2 aromatic rings. The number of aromatic carboxylic acids is 1. The molecule has 0 saturated heterocycles. The van der Waals surface area contributed by atoms with Gasteiger partial charge in [0.2, 0.25) is 5.91 Å². The van der Waals surface area contributed by atoms with Crippen LogP contribution in [0.25, 0.3) is 0 Å².